The normalized spacial score (nSPS) is 17.1. The second-order valence-electron chi connectivity index (χ2n) is 10.2. The number of ether oxygens (including phenoxy) is 1. The van der Waals surface area contributed by atoms with Crippen molar-refractivity contribution in [1.82, 2.24) is 14.9 Å². The summed E-state index contributed by atoms with van der Waals surface area (Å²) in [5.41, 5.74) is 1.38. The average molecular weight is 458 g/mol. The van der Waals surface area contributed by atoms with Crippen molar-refractivity contribution in [3.8, 4) is 0 Å². The van der Waals surface area contributed by atoms with E-state index in [9.17, 15) is 14.7 Å². The van der Waals surface area contributed by atoms with Crippen LogP contribution in [0.15, 0.2) is 24.3 Å². The van der Waals surface area contributed by atoms with E-state index in [1.54, 1.807) is 0 Å². The number of benzene rings is 1. The van der Waals surface area contributed by atoms with Crippen molar-refractivity contribution >= 4 is 23.0 Å². The molecule has 1 aliphatic rings. The summed E-state index contributed by atoms with van der Waals surface area (Å²) in [5, 5.41) is 13.2. The Hall–Kier alpha value is -2.41. The predicted octanol–water partition coefficient (Wildman–Crippen LogP) is 4.71. The van der Waals surface area contributed by atoms with Crippen molar-refractivity contribution in [2.45, 2.75) is 103 Å². The number of aliphatic carboxylic acids is 1. The van der Waals surface area contributed by atoms with Crippen LogP contribution in [0, 0.1) is 5.92 Å². The first-order valence-electron chi connectivity index (χ1n) is 12.4. The Balaban J connectivity index is 1.78. The molecular weight excluding hydrogens is 418 g/mol. The van der Waals surface area contributed by atoms with E-state index in [2.05, 4.69) is 22.9 Å². The molecule has 182 valence electrons. The summed E-state index contributed by atoms with van der Waals surface area (Å²) in [7, 11) is 0. The van der Waals surface area contributed by atoms with Gasteiger partial charge in [0.25, 0.3) is 0 Å². The van der Waals surface area contributed by atoms with E-state index < -0.39 is 23.7 Å². The number of rotatable bonds is 10. The standard InChI is InChI=1S/C26H39N3O4/c1-5-17-29-21-14-10-9-13-19(21)27-22(29)16-15-20(24(30)31)28-23(18-11-7-6-8-12-18)25(32)33-26(2,3)4/h9-10,13-14,18,20,23,28H,5-8,11-12,15-17H2,1-4H3,(H,30,31)/t20?,23-/m0/s1. The van der Waals surface area contributed by atoms with Crippen LogP contribution in [0.2, 0.25) is 0 Å². The van der Waals surface area contributed by atoms with Gasteiger partial charge in [-0.2, -0.15) is 0 Å². The van der Waals surface area contributed by atoms with Crippen LogP contribution in [0.4, 0.5) is 0 Å². The molecule has 3 rings (SSSR count). The number of nitrogens with zero attached hydrogens (tertiary/aromatic N) is 2. The number of fused-ring (bicyclic) bond motifs is 1. The molecule has 7 heteroatoms. The van der Waals surface area contributed by atoms with Crippen LogP contribution < -0.4 is 5.32 Å². The molecule has 0 saturated heterocycles. The third kappa shape index (κ3) is 6.79. The van der Waals surface area contributed by atoms with Gasteiger partial charge in [-0.15, -0.1) is 0 Å². The fourth-order valence-corrected chi connectivity index (χ4v) is 4.79. The molecule has 1 aromatic heterocycles. The summed E-state index contributed by atoms with van der Waals surface area (Å²) in [4.78, 5) is 30.0. The van der Waals surface area contributed by atoms with Crippen LogP contribution in [-0.2, 0) is 27.3 Å². The highest BCUT2D eigenvalue weighted by Crippen LogP contribution is 2.28. The van der Waals surface area contributed by atoms with Gasteiger partial charge in [0.05, 0.1) is 11.0 Å². The van der Waals surface area contributed by atoms with Crippen LogP contribution in [0.5, 0.6) is 0 Å². The number of imidazole rings is 1. The van der Waals surface area contributed by atoms with Crippen molar-refractivity contribution < 1.29 is 19.4 Å². The highest BCUT2D eigenvalue weighted by molar-refractivity contribution is 5.79. The molecule has 2 N–H and O–H groups in total. The third-order valence-corrected chi connectivity index (χ3v) is 6.30. The lowest BCUT2D eigenvalue weighted by Crippen LogP contribution is -2.53. The second kappa shape index (κ2) is 11.1. The fraction of sp³-hybridized carbons (Fsp3) is 0.654. The molecule has 2 atom stereocenters. The van der Waals surface area contributed by atoms with Crippen molar-refractivity contribution in [3.05, 3.63) is 30.1 Å². The Morgan fingerprint density at radius 1 is 1.21 bits per heavy atom. The summed E-state index contributed by atoms with van der Waals surface area (Å²) in [6.45, 7) is 8.49. The van der Waals surface area contributed by atoms with E-state index in [1.807, 2.05) is 39.0 Å². The molecule has 1 saturated carbocycles. The van der Waals surface area contributed by atoms with Crippen molar-refractivity contribution in [1.29, 1.82) is 0 Å². The fourth-order valence-electron chi connectivity index (χ4n) is 4.79. The third-order valence-electron chi connectivity index (χ3n) is 6.30. The van der Waals surface area contributed by atoms with Gasteiger partial charge in [-0.3, -0.25) is 14.9 Å². The molecular formula is C26H39N3O4. The summed E-state index contributed by atoms with van der Waals surface area (Å²) in [6, 6.07) is 6.54. The lowest BCUT2D eigenvalue weighted by molar-refractivity contribution is -0.160. The number of carboxylic acids is 1. The van der Waals surface area contributed by atoms with Gasteiger partial charge in [-0.1, -0.05) is 38.3 Å². The molecule has 0 bridgehead atoms. The summed E-state index contributed by atoms with van der Waals surface area (Å²) < 4.78 is 7.86. The SMILES string of the molecule is CCCn1c(CCC(N[C@H](C(=O)OC(C)(C)C)C2CCCCC2)C(=O)O)nc2ccccc21. The van der Waals surface area contributed by atoms with Crippen LogP contribution in [-0.4, -0.2) is 44.3 Å². The number of para-hydroxylation sites is 2. The number of nitrogens with one attached hydrogen (secondary N) is 1. The number of carbonyl (C=O) groups excluding carboxylic acids is 1. The minimum absolute atomic E-state index is 0.0973. The Labute approximate surface area is 196 Å². The highest BCUT2D eigenvalue weighted by atomic mass is 16.6. The Morgan fingerprint density at radius 3 is 2.55 bits per heavy atom. The first kappa shape index (κ1) is 25.2. The zero-order chi connectivity index (χ0) is 24.0. The van der Waals surface area contributed by atoms with Crippen molar-refractivity contribution in [2.75, 3.05) is 0 Å². The Kier molecular flexibility index (Phi) is 8.51. The van der Waals surface area contributed by atoms with Gasteiger partial charge in [-0.05, 0) is 64.5 Å². The van der Waals surface area contributed by atoms with Crippen LogP contribution in [0.1, 0.15) is 78.5 Å². The number of carbonyl (C=O) groups is 2. The zero-order valence-electron chi connectivity index (χ0n) is 20.5. The minimum atomic E-state index is -0.947. The largest absolute Gasteiger partial charge is 0.480 e. The minimum Gasteiger partial charge on any atom is -0.480 e. The zero-order valence-corrected chi connectivity index (χ0v) is 20.5. The highest BCUT2D eigenvalue weighted by Gasteiger charge is 2.36. The van der Waals surface area contributed by atoms with Gasteiger partial charge in [0.15, 0.2) is 0 Å². The molecule has 1 unspecified atom stereocenters. The van der Waals surface area contributed by atoms with Gasteiger partial charge >= 0.3 is 11.9 Å². The smallest absolute Gasteiger partial charge is 0.323 e. The van der Waals surface area contributed by atoms with Crippen molar-refractivity contribution in [3.63, 3.8) is 0 Å². The molecule has 1 fully saturated rings. The molecule has 0 amide bonds. The maximum atomic E-state index is 13.1. The van der Waals surface area contributed by atoms with E-state index in [1.165, 1.54) is 0 Å². The molecule has 33 heavy (non-hydrogen) atoms. The van der Waals surface area contributed by atoms with Crippen molar-refractivity contribution in [2.24, 2.45) is 5.92 Å². The Bertz CT molecular complexity index is 941. The van der Waals surface area contributed by atoms with Crippen LogP contribution in [0.3, 0.4) is 0 Å². The molecule has 7 nitrogen and oxygen atoms in total. The number of hydrogen-bond donors (Lipinski definition) is 2. The topological polar surface area (TPSA) is 93.5 Å². The summed E-state index contributed by atoms with van der Waals surface area (Å²) in [5.74, 6) is -0.311. The molecule has 0 spiro atoms. The lowest BCUT2D eigenvalue weighted by Gasteiger charge is -2.33. The number of esters is 1. The summed E-state index contributed by atoms with van der Waals surface area (Å²) >= 11 is 0. The Morgan fingerprint density at radius 2 is 1.91 bits per heavy atom. The monoisotopic (exact) mass is 457 g/mol. The first-order valence-corrected chi connectivity index (χ1v) is 12.4. The quantitative estimate of drug-likeness (QED) is 0.502. The van der Waals surface area contributed by atoms with E-state index in [4.69, 9.17) is 9.72 Å². The van der Waals surface area contributed by atoms with Crippen LogP contribution in [0.25, 0.3) is 11.0 Å². The van der Waals surface area contributed by atoms with Gasteiger partial charge in [0.2, 0.25) is 0 Å². The van der Waals surface area contributed by atoms with Gasteiger partial charge in [0.1, 0.15) is 23.5 Å². The van der Waals surface area contributed by atoms with Gasteiger partial charge < -0.3 is 14.4 Å². The molecule has 2 aromatic rings. The second-order valence-corrected chi connectivity index (χ2v) is 10.2. The van der Waals surface area contributed by atoms with Crippen LogP contribution >= 0.6 is 0 Å². The molecule has 1 heterocycles. The van der Waals surface area contributed by atoms with E-state index >= 15 is 0 Å². The van der Waals surface area contributed by atoms with E-state index in [-0.39, 0.29) is 11.9 Å². The molecule has 0 radical (unpaired) electrons. The lowest BCUT2D eigenvalue weighted by atomic mass is 9.83. The maximum Gasteiger partial charge on any atom is 0.323 e. The maximum absolute atomic E-state index is 13.1. The molecule has 0 aliphatic heterocycles. The van der Waals surface area contributed by atoms with E-state index in [0.29, 0.717) is 12.8 Å². The van der Waals surface area contributed by atoms with Gasteiger partial charge in [0, 0.05) is 13.0 Å². The van der Waals surface area contributed by atoms with E-state index in [0.717, 1.165) is 61.9 Å². The number of hydrogen-bond acceptors (Lipinski definition) is 5. The molecule has 1 aliphatic carbocycles. The summed E-state index contributed by atoms with van der Waals surface area (Å²) in [6.07, 6.45) is 6.95. The molecule has 1 aromatic carbocycles. The number of aromatic nitrogens is 2. The first-order chi connectivity index (χ1) is 15.7. The average Bonchev–Trinajstić information content (AvgIpc) is 3.10. The van der Waals surface area contributed by atoms with Gasteiger partial charge in [-0.25, -0.2) is 4.98 Å². The number of carboxylic acid groups (broad SMARTS) is 1. The number of aryl methyl sites for hydroxylation is 2. The predicted molar refractivity (Wildman–Crippen MR) is 129 cm³/mol.